The highest BCUT2D eigenvalue weighted by Crippen LogP contribution is 2.48. The third-order valence-electron chi connectivity index (χ3n) is 5.11. The Labute approximate surface area is 168 Å². The molecule has 2 amide bonds. The number of carbonyl (C=O) groups excluding carboxylic acids is 1. The minimum atomic E-state index is -0.0962. The molecule has 1 aliphatic rings. The van der Waals surface area contributed by atoms with Crippen molar-refractivity contribution in [1.82, 2.24) is 10.2 Å². The number of rotatable bonds is 7. The molecule has 0 saturated heterocycles. The highest BCUT2D eigenvalue weighted by molar-refractivity contribution is 9.10. The van der Waals surface area contributed by atoms with Crippen molar-refractivity contribution in [3.63, 3.8) is 0 Å². The first-order chi connectivity index (χ1) is 13.0. The SMILES string of the molecule is COc1ccc(OC)c(CN(C)C(=O)NCC2(c3cccc(Br)c3)CC2)c1. The number of amides is 2. The molecule has 27 heavy (non-hydrogen) atoms. The van der Waals surface area contributed by atoms with Gasteiger partial charge in [0.25, 0.3) is 0 Å². The van der Waals surface area contributed by atoms with Gasteiger partial charge >= 0.3 is 6.03 Å². The van der Waals surface area contributed by atoms with Crippen molar-refractivity contribution in [1.29, 1.82) is 0 Å². The predicted octanol–water partition coefficient (Wildman–Crippen LogP) is 4.34. The normalized spacial score (nSPS) is 14.4. The molecular weight excluding hydrogens is 408 g/mol. The number of methoxy groups -OCH3 is 2. The van der Waals surface area contributed by atoms with Crippen LogP contribution in [0.15, 0.2) is 46.9 Å². The molecule has 0 unspecified atom stereocenters. The first-order valence-corrected chi connectivity index (χ1v) is 9.73. The highest BCUT2D eigenvalue weighted by Gasteiger charge is 2.44. The van der Waals surface area contributed by atoms with Gasteiger partial charge in [0, 0.05) is 29.0 Å². The molecule has 1 fully saturated rings. The lowest BCUT2D eigenvalue weighted by molar-refractivity contribution is 0.205. The molecule has 1 N–H and O–H groups in total. The Morgan fingerprint density at radius 2 is 1.96 bits per heavy atom. The fraction of sp³-hybridized carbons (Fsp3) is 0.381. The van der Waals surface area contributed by atoms with Gasteiger partial charge in [0.2, 0.25) is 0 Å². The summed E-state index contributed by atoms with van der Waals surface area (Å²) in [6, 6.07) is 13.8. The van der Waals surface area contributed by atoms with Gasteiger partial charge in [0.15, 0.2) is 0 Å². The summed E-state index contributed by atoms with van der Waals surface area (Å²) in [4.78, 5) is 14.3. The maximum absolute atomic E-state index is 12.6. The van der Waals surface area contributed by atoms with E-state index in [1.165, 1.54) is 5.56 Å². The van der Waals surface area contributed by atoms with Crippen LogP contribution in [0, 0.1) is 0 Å². The average molecular weight is 433 g/mol. The van der Waals surface area contributed by atoms with Crippen LogP contribution in [-0.2, 0) is 12.0 Å². The number of ether oxygens (including phenoxy) is 2. The summed E-state index contributed by atoms with van der Waals surface area (Å²) in [5.41, 5.74) is 2.24. The Hall–Kier alpha value is -2.21. The van der Waals surface area contributed by atoms with Crippen molar-refractivity contribution in [3.05, 3.63) is 58.1 Å². The van der Waals surface area contributed by atoms with Gasteiger partial charge in [0.05, 0.1) is 20.8 Å². The quantitative estimate of drug-likeness (QED) is 0.707. The van der Waals surface area contributed by atoms with Crippen molar-refractivity contribution >= 4 is 22.0 Å². The molecule has 0 heterocycles. The van der Waals surface area contributed by atoms with Crippen molar-refractivity contribution in [2.45, 2.75) is 24.8 Å². The van der Waals surface area contributed by atoms with Gasteiger partial charge in [0.1, 0.15) is 11.5 Å². The van der Waals surface area contributed by atoms with Gasteiger partial charge in [-0.05, 0) is 48.7 Å². The molecule has 0 aliphatic heterocycles. The Bertz CT molecular complexity index is 821. The van der Waals surface area contributed by atoms with Gasteiger partial charge in [-0.1, -0.05) is 28.1 Å². The van der Waals surface area contributed by atoms with Gasteiger partial charge in [-0.25, -0.2) is 4.79 Å². The van der Waals surface area contributed by atoms with Gasteiger partial charge in [-0.3, -0.25) is 0 Å². The molecule has 144 valence electrons. The molecule has 3 rings (SSSR count). The van der Waals surface area contributed by atoms with E-state index in [2.05, 4.69) is 33.4 Å². The van der Waals surface area contributed by atoms with Crippen LogP contribution < -0.4 is 14.8 Å². The molecule has 1 saturated carbocycles. The fourth-order valence-corrected chi connectivity index (χ4v) is 3.65. The zero-order valence-corrected chi connectivity index (χ0v) is 17.5. The first kappa shape index (κ1) is 19.5. The first-order valence-electron chi connectivity index (χ1n) is 8.93. The summed E-state index contributed by atoms with van der Waals surface area (Å²) in [7, 11) is 5.03. The lowest BCUT2D eigenvalue weighted by atomic mass is 9.96. The summed E-state index contributed by atoms with van der Waals surface area (Å²) in [6.45, 7) is 1.08. The van der Waals surface area contributed by atoms with Crippen molar-refractivity contribution in [2.75, 3.05) is 27.8 Å². The molecule has 0 aromatic heterocycles. The average Bonchev–Trinajstić information content (AvgIpc) is 3.47. The standard InChI is InChI=1S/C21H25BrN2O3/c1-24(13-15-11-18(26-2)7-8-19(15)27-3)20(25)23-14-21(9-10-21)16-5-4-6-17(22)12-16/h4-8,11-12H,9-10,13-14H2,1-3H3,(H,23,25). The number of nitrogens with zero attached hydrogens (tertiary/aromatic N) is 1. The second-order valence-electron chi connectivity index (χ2n) is 6.98. The molecule has 0 radical (unpaired) electrons. The van der Waals surface area contributed by atoms with Crippen LogP contribution in [0.25, 0.3) is 0 Å². The van der Waals surface area contributed by atoms with Crippen LogP contribution in [0.2, 0.25) is 0 Å². The maximum Gasteiger partial charge on any atom is 0.317 e. The third kappa shape index (κ3) is 4.56. The molecule has 0 bridgehead atoms. The molecule has 6 heteroatoms. The van der Waals surface area contributed by atoms with Crippen molar-refractivity contribution in [2.24, 2.45) is 0 Å². The summed E-state index contributed by atoms with van der Waals surface area (Å²) in [6.07, 6.45) is 2.19. The van der Waals surface area contributed by atoms with Crippen LogP contribution in [-0.4, -0.2) is 38.7 Å². The van der Waals surface area contributed by atoms with Crippen LogP contribution in [0.1, 0.15) is 24.0 Å². The van der Waals surface area contributed by atoms with E-state index >= 15 is 0 Å². The minimum absolute atomic E-state index is 0.0634. The van der Waals surface area contributed by atoms with Gasteiger partial charge in [-0.2, -0.15) is 0 Å². The van der Waals surface area contributed by atoms with E-state index in [1.54, 1.807) is 26.2 Å². The van der Waals surface area contributed by atoms with Crippen molar-refractivity contribution in [3.8, 4) is 11.5 Å². The molecule has 2 aromatic rings. The lowest BCUT2D eigenvalue weighted by Crippen LogP contribution is -2.40. The second-order valence-corrected chi connectivity index (χ2v) is 7.90. The monoisotopic (exact) mass is 432 g/mol. The Balaban J connectivity index is 1.62. The maximum atomic E-state index is 12.6. The topological polar surface area (TPSA) is 50.8 Å². The Kier molecular flexibility index (Phi) is 5.95. The van der Waals surface area contributed by atoms with E-state index in [1.807, 2.05) is 30.3 Å². The Morgan fingerprint density at radius 3 is 2.59 bits per heavy atom. The van der Waals surface area contributed by atoms with E-state index in [0.29, 0.717) is 13.1 Å². The number of hydrogen-bond acceptors (Lipinski definition) is 3. The summed E-state index contributed by atoms with van der Waals surface area (Å²) < 4.78 is 11.7. The number of carbonyl (C=O) groups is 1. The predicted molar refractivity (Wildman–Crippen MR) is 109 cm³/mol. The fourth-order valence-electron chi connectivity index (χ4n) is 3.25. The number of benzene rings is 2. The van der Waals surface area contributed by atoms with E-state index in [9.17, 15) is 4.79 Å². The van der Waals surface area contributed by atoms with E-state index in [0.717, 1.165) is 34.4 Å². The van der Waals surface area contributed by atoms with Gasteiger partial charge < -0.3 is 19.7 Å². The van der Waals surface area contributed by atoms with Crippen LogP contribution in [0.4, 0.5) is 4.79 Å². The minimum Gasteiger partial charge on any atom is -0.497 e. The highest BCUT2D eigenvalue weighted by atomic mass is 79.9. The van der Waals surface area contributed by atoms with E-state index in [4.69, 9.17) is 9.47 Å². The molecule has 2 aromatic carbocycles. The molecule has 5 nitrogen and oxygen atoms in total. The zero-order chi connectivity index (χ0) is 19.4. The molecule has 0 atom stereocenters. The number of hydrogen-bond donors (Lipinski definition) is 1. The van der Waals surface area contributed by atoms with Crippen LogP contribution >= 0.6 is 15.9 Å². The number of urea groups is 1. The summed E-state index contributed by atoms with van der Waals surface area (Å²) >= 11 is 3.53. The largest absolute Gasteiger partial charge is 0.497 e. The third-order valence-corrected chi connectivity index (χ3v) is 5.60. The smallest absolute Gasteiger partial charge is 0.317 e. The van der Waals surface area contributed by atoms with Gasteiger partial charge in [-0.15, -0.1) is 0 Å². The number of halogens is 1. The molecule has 0 spiro atoms. The van der Waals surface area contributed by atoms with E-state index < -0.39 is 0 Å². The number of nitrogens with one attached hydrogen (secondary N) is 1. The summed E-state index contributed by atoms with van der Waals surface area (Å²) in [5.74, 6) is 1.48. The van der Waals surface area contributed by atoms with Crippen LogP contribution in [0.3, 0.4) is 0 Å². The zero-order valence-electron chi connectivity index (χ0n) is 15.9. The molecule has 1 aliphatic carbocycles. The lowest BCUT2D eigenvalue weighted by Gasteiger charge is -2.22. The second kappa shape index (κ2) is 8.21. The Morgan fingerprint density at radius 1 is 1.19 bits per heavy atom. The van der Waals surface area contributed by atoms with E-state index in [-0.39, 0.29) is 11.4 Å². The van der Waals surface area contributed by atoms with Crippen molar-refractivity contribution < 1.29 is 14.3 Å². The summed E-state index contributed by atoms with van der Waals surface area (Å²) in [5, 5.41) is 3.09. The molecular formula is C21H25BrN2O3. The van der Waals surface area contributed by atoms with Crippen LogP contribution in [0.5, 0.6) is 11.5 Å².